The average Bonchev–Trinajstić information content (AvgIpc) is 2.67. The lowest BCUT2D eigenvalue weighted by molar-refractivity contribution is -0.111. The summed E-state index contributed by atoms with van der Waals surface area (Å²) in [5, 5.41) is 2.85. The molecule has 1 aromatic carbocycles. The lowest BCUT2D eigenvalue weighted by Crippen LogP contribution is -2.36. The van der Waals surface area contributed by atoms with Crippen LogP contribution in [0.1, 0.15) is 31.9 Å². The lowest BCUT2D eigenvalue weighted by atomic mass is 9.87. The van der Waals surface area contributed by atoms with Gasteiger partial charge in [0.1, 0.15) is 5.82 Å². The van der Waals surface area contributed by atoms with Crippen molar-refractivity contribution in [2.24, 2.45) is 0 Å². The molecule has 5 heteroatoms. The van der Waals surface area contributed by atoms with Crippen molar-refractivity contribution in [2.75, 3.05) is 36.5 Å². The number of anilines is 2. The van der Waals surface area contributed by atoms with Crippen molar-refractivity contribution in [1.82, 2.24) is 4.98 Å². The highest BCUT2D eigenvalue weighted by atomic mass is 16.5. The molecule has 1 aromatic heterocycles. The Balaban J connectivity index is 1.56. The van der Waals surface area contributed by atoms with Crippen LogP contribution in [0, 0.1) is 0 Å². The Labute approximate surface area is 161 Å². The largest absolute Gasteiger partial charge is 0.378 e. The van der Waals surface area contributed by atoms with Gasteiger partial charge in [-0.15, -0.1) is 0 Å². The summed E-state index contributed by atoms with van der Waals surface area (Å²) < 4.78 is 5.35. The first-order valence-electron chi connectivity index (χ1n) is 9.30. The monoisotopic (exact) mass is 365 g/mol. The molecular weight excluding hydrogens is 338 g/mol. The summed E-state index contributed by atoms with van der Waals surface area (Å²) in [5.74, 6) is 0.738. The van der Waals surface area contributed by atoms with Crippen LogP contribution in [0.15, 0.2) is 48.7 Å². The van der Waals surface area contributed by atoms with Crippen LogP contribution in [-0.2, 0) is 14.9 Å². The van der Waals surface area contributed by atoms with Crippen LogP contribution in [0.2, 0.25) is 0 Å². The highest BCUT2D eigenvalue weighted by molar-refractivity contribution is 6.01. The molecule has 3 rings (SSSR count). The SMILES string of the molecule is CC(C)(C)c1ccc(C=CC(=O)Nc2ccc(N3CCOCC3)nc2)cc1. The third kappa shape index (κ3) is 5.41. The maximum absolute atomic E-state index is 12.1. The standard InChI is InChI=1S/C22H27N3O2/c1-22(2,3)18-7-4-17(5-8-18)6-11-21(26)24-19-9-10-20(23-16-19)25-12-14-27-15-13-25/h4-11,16H,12-15H2,1-3H3,(H,24,26). The van der Waals surface area contributed by atoms with Crippen LogP contribution in [0.3, 0.4) is 0 Å². The minimum atomic E-state index is -0.171. The second-order valence-electron chi connectivity index (χ2n) is 7.70. The molecular formula is C22H27N3O2. The van der Waals surface area contributed by atoms with Gasteiger partial charge in [-0.25, -0.2) is 4.98 Å². The number of benzene rings is 1. The maximum Gasteiger partial charge on any atom is 0.248 e. The molecule has 0 radical (unpaired) electrons. The van der Waals surface area contributed by atoms with Gasteiger partial charge in [0.05, 0.1) is 25.1 Å². The predicted octanol–water partition coefficient (Wildman–Crippen LogP) is 3.87. The number of rotatable bonds is 4. The number of carbonyl (C=O) groups excluding carboxylic acids is 1. The van der Waals surface area contributed by atoms with Crippen LogP contribution in [-0.4, -0.2) is 37.2 Å². The zero-order chi connectivity index (χ0) is 19.3. The fraction of sp³-hybridized carbons (Fsp3) is 0.364. The lowest BCUT2D eigenvalue weighted by Gasteiger charge is -2.27. The smallest absolute Gasteiger partial charge is 0.248 e. The quantitative estimate of drug-likeness (QED) is 0.836. The average molecular weight is 365 g/mol. The van der Waals surface area contributed by atoms with E-state index in [1.54, 1.807) is 12.3 Å². The number of morpholine rings is 1. The van der Waals surface area contributed by atoms with E-state index in [2.05, 4.69) is 48.1 Å². The first kappa shape index (κ1) is 19.1. The highest BCUT2D eigenvalue weighted by Gasteiger charge is 2.13. The molecule has 5 nitrogen and oxygen atoms in total. The molecule has 0 atom stereocenters. The normalized spacial score (nSPS) is 15.1. The van der Waals surface area contributed by atoms with Crippen molar-refractivity contribution in [3.8, 4) is 0 Å². The highest BCUT2D eigenvalue weighted by Crippen LogP contribution is 2.22. The van der Waals surface area contributed by atoms with E-state index in [0.717, 1.165) is 37.7 Å². The molecule has 2 heterocycles. The van der Waals surface area contributed by atoms with E-state index in [9.17, 15) is 4.79 Å². The second-order valence-corrected chi connectivity index (χ2v) is 7.70. The van der Waals surface area contributed by atoms with Crippen molar-refractivity contribution in [1.29, 1.82) is 0 Å². The van der Waals surface area contributed by atoms with E-state index in [1.165, 1.54) is 5.56 Å². The molecule has 0 spiro atoms. The van der Waals surface area contributed by atoms with E-state index in [0.29, 0.717) is 5.69 Å². The van der Waals surface area contributed by atoms with E-state index >= 15 is 0 Å². The molecule has 1 aliphatic rings. The van der Waals surface area contributed by atoms with E-state index in [-0.39, 0.29) is 11.3 Å². The van der Waals surface area contributed by atoms with E-state index in [1.807, 2.05) is 30.3 Å². The summed E-state index contributed by atoms with van der Waals surface area (Å²) in [5.41, 5.74) is 3.08. The summed E-state index contributed by atoms with van der Waals surface area (Å²) in [4.78, 5) is 18.8. The van der Waals surface area contributed by atoms with Gasteiger partial charge in [0.15, 0.2) is 0 Å². The zero-order valence-electron chi connectivity index (χ0n) is 16.2. The number of nitrogens with one attached hydrogen (secondary N) is 1. The Morgan fingerprint density at radius 1 is 1.11 bits per heavy atom. The van der Waals surface area contributed by atoms with Gasteiger partial charge in [0, 0.05) is 19.2 Å². The first-order chi connectivity index (χ1) is 12.9. The summed E-state index contributed by atoms with van der Waals surface area (Å²) in [7, 11) is 0. The summed E-state index contributed by atoms with van der Waals surface area (Å²) in [6.07, 6.45) is 5.05. The molecule has 1 aliphatic heterocycles. The van der Waals surface area contributed by atoms with Gasteiger partial charge in [0.2, 0.25) is 5.91 Å². The zero-order valence-corrected chi connectivity index (χ0v) is 16.2. The van der Waals surface area contributed by atoms with Crippen LogP contribution < -0.4 is 10.2 Å². The van der Waals surface area contributed by atoms with Crippen LogP contribution in [0.25, 0.3) is 6.08 Å². The van der Waals surface area contributed by atoms with Crippen LogP contribution in [0.4, 0.5) is 11.5 Å². The third-order valence-electron chi connectivity index (χ3n) is 4.55. The second kappa shape index (κ2) is 8.35. The Kier molecular flexibility index (Phi) is 5.91. The molecule has 142 valence electrons. The summed E-state index contributed by atoms with van der Waals surface area (Å²) in [6.45, 7) is 9.69. The van der Waals surface area contributed by atoms with E-state index in [4.69, 9.17) is 4.74 Å². The van der Waals surface area contributed by atoms with Crippen molar-refractivity contribution >= 4 is 23.5 Å². The van der Waals surface area contributed by atoms with Gasteiger partial charge < -0.3 is 15.0 Å². The number of hydrogen-bond acceptors (Lipinski definition) is 4. The van der Waals surface area contributed by atoms with E-state index < -0.39 is 0 Å². The van der Waals surface area contributed by atoms with Gasteiger partial charge in [-0.2, -0.15) is 0 Å². The summed E-state index contributed by atoms with van der Waals surface area (Å²) in [6, 6.07) is 12.1. The molecule has 0 aliphatic carbocycles. The number of ether oxygens (including phenoxy) is 1. The number of pyridine rings is 1. The topological polar surface area (TPSA) is 54.5 Å². The minimum absolute atomic E-state index is 0.125. The fourth-order valence-corrected chi connectivity index (χ4v) is 2.89. The molecule has 1 saturated heterocycles. The van der Waals surface area contributed by atoms with Crippen molar-refractivity contribution in [3.05, 3.63) is 59.8 Å². The Morgan fingerprint density at radius 3 is 2.41 bits per heavy atom. The van der Waals surface area contributed by atoms with Crippen molar-refractivity contribution in [3.63, 3.8) is 0 Å². The molecule has 1 amide bonds. The third-order valence-corrected chi connectivity index (χ3v) is 4.55. The molecule has 1 N–H and O–H groups in total. The molecule has 0 unspecified atom stereocenters. The first-order valence-corrected chi connectivity index (χ1v) is 9.30. The van der Waals surface area contributed by atoms with Crippen LogP contribution in [0.5, 0.6) is 0 Å². The van der Waals surface area contributed by atoms with Crippen LogP contribution >= 0.6 is 0 Å². The number of aromatic nitrogens is 1. The number of hydrogen-bond donors (Lipinski definition) is 1. The molecule has 0 bridgehead atoms. The van der Waals surface area contributed by atoms with Gasteiger partial charge in [-0.1, -0.05) is 45.0 Å². The van der Waals surface area contributed by atoms with Gasteiger partial charge in [-0.05, 0) is 34.8 Å². The molecule has 1 fully saturated rings. The Bertz CT molecular complexity index is 784. The molecule has 2 aromatic rings. The predicted molar refractivity (Wildman–Crippen MR) is 110 cm³/mol. The van der Waals surface area contributed by atoms with Gasteiger partial charge >= 0.3 is 0 Å². The number of nitrogens with zero attached hydrogens (tertiary/aromatic N) is 2. The van der Waals surface area contributed by atoms with Crippen molar-refractivity contribution in [2.45, 2.75) is 26.2 Å². The number of carbonyl (C=O) groups is 1. The van der Waals surface area contributed by atoms with Gasteiger partial charge in [0.25, 0.3) is 0 Å². The summed E-state index contributed by atoms with van der Waals surface area (Å²) >= 11 is 0. The number of amides is 1. The molecule has 0 saturated carbocycles. The van der Waals surface area contributed by atoms with Crippen molar-refractivity contribution < 1.29 is 9.53 Å². The van der Waals surface area contributed by atoms with Gasteiger partial charge in [-0.3, -0.25) is 4.79 Å². The Hall–Kier alpha value is -2.66. The molecule has 27 heavy (non-hydrogen) atoms. The Morgan fingerprint density at radius 2 is 1.81 bits per heavy atom. The fourth-order valence-electron chi connectivity index (χ4n) is 2.89. The maximum atomic E-state index is 12.1. The minimum Gasteiger partial charge on any atom is -0.378 e.